The van der Waals surface area contributed by atoms with Crippen LogP contribution in [0.2, 0.25) is 0 Å². The van der Waals surface area contributed by atoms with Gasteiger partial charge in [0.05, 0.1) is 0 Å². The first kappa shape index (κ1) is 9.13. The molecule has 2 rings (SSSR count). The van der Waals surface area contributed by atoms with Crippen molar-refractivity contribution >= 4 is 11.7 Å². The Bertz CT molecular complexity index is 516. The van der Waals surface area contributed by atoms with Gasteiger partial charge < -0.3 is 10.3 Å². The van der Waals surface area contributed by atoms with Crippen molar-refractivity contribution in [1.29, 1.82) is 0 Å². The van der Waals surface area contributed by atoms with Gasteiger partial charge in [-0.05, 0) is 6.07 Å². The molecule has 2 aromatic rings. The summed E-state index contributed by atoms with van der Waals surface area (Å²) in [6.45, 7) is 0. The average Bonchev–Trinajstić information content (AvgIpc) is 2.70. The highest BCUT2D eigenvalue weighted by atomic mass is 16.2. The number of anilines is 1. The van der Waals surface area contributed by atoms with Crippen molar-refractivity contribution in [3.8, 4) is 0 Å². The Hall–Kier alpha value is -2.44. The molecule has 2 aromatic heterocycles. The van der Waals surface area contributed by atoms with E-state index in [2.05, 4.69) is 25.3 Å². The second-order valence-electron chi connectivity index (χ2n) is 2.68. The van der Waals surface area contributed by atoms with Crippen molar-refractivity contribution in [3.63, 3.8) is 0 Å². The van der Waals surface area contributed by atoms with E-state index in [-0.39, 0.29) is 11.6 Å². The van der Waals surface area contributed by atoms with E-state index >= 15 is 0 Å². The van der Waals surface area contributed by atoms with Crippen molar-refractivity contribution in [2.24, 2.45) is 0 Å². The molecule has 0 spiro atoms. The largest absolute Gasteiger partial charge is 0.346 e. The molecule has 0 aliphatic rings. The summed E-state index contributed by atoms with van der Waals surface area (Å²) in [6, 6.07) is 1.47. The number of aromatic nitrogens is 4. The Balaban J connectivity index is 2.16. The third-order valence-electron chi connectivity index (χ3n) is 1.64. The van der Waals surface area contributed by atoms with Crippen LogP contribution in [0.15, 0.2) is 29.5 Å². The number of hydrogen-bond acceptors (Lipinski definition) is 4. The predicted octanol–water partition coefficient (Wildman–Crippen LogP) is -0.255. The summed E-state index contributed by atoms with van der Waals surface area (Å²) in [6.07, 6.45) is 4.30. The molecule has 3 N–H and O–H groups in total. The van der Waals surface area contributed by atoms with Crippen molar-refractivity contribution in [2.75, 3.05) is 5.32 Å². The van der Waals surface area contributed by atoms with Crippen LogP contribution in [0.3, 0.4) is 0 Å². The number of amides is 1. The molecular weight excluding hydrogens is 198 g/mol. The number of rotatable bonds is 2. The normalized spacial score (nSPS) is 9.87. The molecule has 7 nitrogen and oxygen atoms in total. The summed E-state index contributed by atoms with van der Waals surface area (Å²) >= 11 is 0. The topological polar surface area (TPSA) is 104 Å². The van der Waals surface area contributed by atoms with Crippen molar-refractivity contribution in [1.82, 2.24) is 19.9 Å². The number of aromatic amines is 2. The van der Waals surface area contributed by atoms with E-state index in [0.29, 0.717) is 0 Å². The lowest BCUT2D eigenvalue weighted by Crippen LogP contribution is -2.18. The molecular formula is C8H7N5O2. The summed E-state index contributed by atoms with van der Waals surface area (Å²) in [5, 5.41) is 2.46. The Morgan fingerprint density at radius 1 is 1.33 bits per heavy atom. The lowest BCUT2D eigenvalue weighted by Gasteiger charge is -2.00. The highest BCUT2D eigenvalue weighted by molar-refractivity contribution is 6.00. The predicted molar refractivity (Wildman–Crippen MR) is 51.4 cm³/mol. The van der Waals surface area contributed by atoms with Gasteiger partial charge in [-0.25, -0.2) is 14.8 Å². The van der Waals surface area contributed by atoms with Gasteiger partial charge in [0.25, 0.3) is 5.91 Å². The second kappa shape index (κ2) is 3.74. The SMILES string of the molecule is O=C(Nc1ccnc(=O)[nH]1)c1ncc[nH]1. The van der Waals surface area contributed by atoms with Gasteiger partial charge in [-0.2, -0.15) is 0 Å². The van der Waals surface area contributed by atoms with Crippen LogP contribution in [0.25, 0.3) is 0 Å². The minimum atomic E-state index is -0.521. The Labute approximate surface area is 83.6 Å². The number of nitrogens with zero attached hydrogens (tertiary/aromatic N) is 2. The standard InChI is InChI=1S/C8H7N5O2/c14-7(6-9-3-4-10-6)12-5-1-2-11-8(15)13-5/h1-4H,(H,9,10)(H2,11,12,13,14,15). The maximum Gasteiger partial charge on any atom is 0.346 e. The fourth-order valence-electron chi connectivity index (χ4n) is 1.01. The van der Waals surface area contributed by atoms with Crippen LogP contribution in [0, 0.1) is 0 Å². The van der Waals surface area contributed by atoms with Crippen LogP contribution in [-0.4, -0.2) is 25.8 Å². The van der Waals surface area contributed by atoms with Crippen LogP contribution in [0.1, 0.15) is 10.6 Å². The van der Waals surface area contributed by atoms with Gasteiger partial charge in [-0.3, -0.25) is 9.78 Å². The summed E-state index contributed by atoms with van der Waals surface area (Å²) in [7, 11) is 0. The van der Waals surface area contributed by atoms with E-state index in [0.717, 1.165) is 0 Å². The first-order valence-corrected chi connectivity index (χ1v) is 4.12. The zero-order valence-corrected chi connectivity index (χ0v) is 7.52. The molecule has 15 heavy (non-hydrogen) atoms. The number of hydrogen-bond donors (Lipinski definition) is 3. The van der Waals surface area contributed by atoms with Gasteiger partial charge in [0.2, 0.25) is 0 Å². The Morgan fingerprint density at radius 2 is 2.20 bits per heavy atom. The van der Waals surface area contributed by atoms with E-state index < -0.39 is 11.6 Å². The Morgan fingerprint density at radius 3 is 2.87 bits per heavy atom. The molecule has 0 aliphatic heterocycles. The maximum absolute atomic E-state index is 11.4. The second-order valence-corrected chi connectivity index (χ2v) is 2.68. The molecule has 0 atom stereocenters. The average molecular weight is 205 g/mol. The molecule has 0 radical (unpaired) electrons. The zero-order chi connectivity index (χ0) is 10.7. The molecule has 1 amide bonds. The Kier molecular flexibility index (Phi) is 2.28. The number of imidazole rings is 1. The number of nitrogens with one attached hydrogen (secondary N) is 3. The molecule has 7 heteroatoms. The van der Waals surface area contributed by atoms with Gasteiger partial charge in [0.15, 0.2) is 5.82 Å². The fraction of sp³-hybridized carbons (Fsp3) is 0. The number of carbonyl (C=O) groups excluding carboxylic acids is 1. The van der Waals surface area contributed by atoms with Gasteiger partial charge in [0.1, 0.15) is 5.82 Å². The highest BCUT2D eigenvalue weighted by Gasteiger charge is 2.07. The molecule has 0 saturated heterocycles. The molecule has 0 aliphatic carbocycles. The third-order valence-corrected chi connectivity index (χ3v) is 1.64. The van der Waals surface area contributed by atoms with Gasteiger partial charge >= 0.3 is 5.69 Å². The summed E-state index contributed by atoms with van der Waals surface area (Å²) < 4.78 is 0. The van der Waals surface area contributed by atoms with Gasteiger partial charge in [0, 0.05) is 18.6 Å². The summed E-state index contributed by atoms with van der Waals surface area (Å²) in [4.78, 5) is 34.4. The lowest BCUT2D eigenvalue weighted by atomic mass is 10.5. The molecule has 0 bridgehead atoms. The first-order valence-electron chi connectivity index (χ1n) is 4.12. The number of H-pyrrole nitrogens is 2. The molecule has 0 fully saturated rings. The van der Waals surface area contributed by atoms with E-state index in [1.807, 2.05) is 0 Å². The summed E-state index contributed by atoms with van der Waals surface area (Å²) in [5.41, 5.74) is -0.521. The lowest BCUT2D eigenvalue weighted by molar-refractivity contribution is 0.101. The van der Waals surface area contributed by atoms with E-state index in [1.165, 1.54) is 24.7 Å². The van der Waals surface area contributed by atoms with Crippen molar-refractivity contribution < 1.29 is 4.79 Å². The minimum absolute atomic E-state index is 0.174. The third kappa shape index (κ3) is 2.08. The maximum atomic E-state index is 11.4. The first-order chi connectivity index (χ1) is 7.25. The van der Waals surface area contributed by atoms with Gasteiger partial charge in [-0.1, -0.05) is 0 Å². The highest BCUT2D eigenvalue weighted by Crippen LogP contribution is 1.98. The number of carbonyl (C=O) groups is 1. The van der Waals surface area contributed by atoms with E-state index in [1.54, 1.807) is 0 Å². The van der Waals surface area contributed by atoms with Gasteiger partial charge in [-0.15, -0.1) is 0 Å². The van der Waals surface area contributed by atoms with Crippen molar-refractivity contribution in [3.05, 3.63) is 41.0 Å². The molecule has 2 heterocycles. The fourth-order valence-corrected chi connectivity index (χ4v) is 1.01. The smallest absolute Gasteiger partial charge is 0.341 e. The zero-order valence-electron chi connectivity index (χ0n) is 7.52. The van der Waals surface area contributed by atoms with Crippen LogP contribution < -0.4 is 11.0 Å². The van der Waals surface area contributed by atoms with E-state index in [9.17, 15) is 9.59 Å². The molecule has 0 unspecified atom stereocenters. The monoisotopic (exact) mass is 205 g/mol. The van der Waals surface area contributed by atoms with Crippen LogP contribution in [0.5, 0.6) is 0 Å². The quantitative estimate of drug-likeness (QED) is 0.628. The molecule has 0 aromatic carbocycles. The minimum Gasteiger partial charge on any atom is -0.341 e. The van der Waals surface area contributed by atoms with Crippen LogP contribution in [-0.2, 0) is 0 Å². The van der Waals surface area contributed by atoms with Crippen molar-refractivity contribution in [2.45, 2.75) is 0 Å². The molecule has 76 valence electrons. The van der Waals surface area contributed by atoms with Crippen LogP contribution >= 0.6 is 0 Å². The van der Waals surface area contributed by atoms with E-state index in [4.69, 9.17) is 0 Å². The summed E-state index contributed by atoms with van der Waals surface area (Å²) in [5.74, 6) is 0.0194. The van der Waals surface area contributed by atoms with Crippen LogP contribution in [0.4, 0.5) is 5.82 Å². The molecule has 0 saturated carbocycles.